The van der Waals surface area contributed by atoms with E-state index in [0.29, 0.717) is 12.1 Å². The lowest BCUT2D eigenvalue weighted by atomic mass is 10.2. The summed E-state index contributed by atoms with van der Waals surface area (Å²) in [4.78, 5) is 16.6. The topological polar surface area (TPSA) is 46.9 Å². The maximum Gasteiger partial charge on any atom is 0.251 e. The van der Waals surface area contributed by atoms with Gasteiger partial charge in [-0.2, -0.15) is 0 Å². The molecule has 0 aliphatic rings. The summed E-state index contributed by atoms with van der Waals surface area (Å²) < 4.78 is 2.03. The van der Waals surface area contributed by atoms with Gasteiger partial charge >= 0.3 is 0 Å². The van der Waals surface area contributed by atoms with E-state index in [1.54, 1.807) is 24.7 Å². The molecule has 100 valence electrons. The molecule has 0 fully saturated rings. The molecule has 0 bridgehead atoms. The summed E-state index contributed by atoms with van der Waals surface area (Å²) in [6.07, 6.45) is 7.49. The van der Waals surface area contributed by atoms with E-state index in [1.807, 2.05) is 22.9 Å². The zero-order valence-corrected chi connectivity index (χ0v) is 11.5. The van der Waals surface area contributed by atoms with Gasteiger partial charge in [-0.15, -0.1) is 12.6 Å². The van der Waals surface area contributed by atoms with Gasteiger partial charge < -0.3 is 9.88 Å². The molecule has 0 spiro atoms. The number of hydrogen-bond donors (Lipinski definition) is 2. The summed E-state index contributed by atoms with van der Waals surface area (Å²) in [7, 11) is 0. The molecule has 2 aromatic rings. The Labute approximate surface area is 118 Å². The molecule has 4 nitrogen and oxygen atoms in total. The molecular formula is C14H17N3OS. The molecule has 0 unspecified atom stereocenters. The molecule has 1 amide bonds. The van der Waals surface area contributed by atoms with E-state index < -0.39 is 0 Å². The zero-order valence-electron chi connectivity index (χ0n) is 10.6. The fourth-order valence-electron chi connectivity index (χ4n) is 1.76. The first-order chi connectivity index (χ1) is 9.25. The van der Waals surface area contributed by atoms with Crippen LogP contribution >= 0.6 is 12.6 Å². The lowest BCUT2D eigenvalue weighted by Gasteiger charge is -2.06. The molecule has 1 aromatic carbocycles. The fraction of sp³-hybridized carbons (Fsp3) is 0.286. The van der Waals surface area contributed by atoms with Crippen molar-refractivity contribution in [2.45, 2.75) is 24.3 Å². The molecule has 0 aliphatic heterocycles. The van der Waals surface area contributed by atoms with Crippen LogP contribution in [0.3, 0.4) is 0 Å². The summed E-state index contributed by atoms with van der Waals surface area (Å²) in [5.74, 6) is -0.0315. The Balaban J connectivity index is 1.65. The number of thiol groups is 1. The Morgan fingerprint density at radius 1 is 1.26 bits per heavy atom. The number of aryl methyl sites for hydroxylation is 1. The van der Waals surface area contributed by atoms with Gasteiger partial charge in [0.2, 0.25) is 0 Å². The third-order valence-corrected chi connectivity index (χ3v) is 3.12. The standard InChI is InChI=1S/C14H17N3OS/c18-14(12-3-5-13(19)6-4-12)16-7-1-2-9-17-10-8-15-11-17/h3-6,8,10-11,19H,1-2,7,9H2,(H,16,18). The number of hydrogen-bond acceptors (Lipinski definition) is 3. The van der Waals surface area contributed by atoms with Crippen molar-refractivity contribution in [3.8, 4) is 0 Å². The largest absolute Gasteiger partial charge is 0.352 e. The summed E-state index contributed by atoms with van der Waals surface area (Å²) >= 11 is 4.19. The number of rotatable bonds is 6. The predicted molar refractivity (Wildman–Crippen MR) is 77.5 cm³/mol. The molecule has 5 heteroatoms. The van der Waals surface area contributed by atoms with Crippen LogP contribution in [0.4, 0.5) is 0 Å². The van der Waals surface area contributed by atoms with Crippen LogP contribution in [0.1, 0.15) is 23.2 Å². The average Bonchev–Trinajstić information content (AvgIpc) is 2.92. The van der Waals surface area contributed by atoms with E-state index in [2.05, 4.69) is 22.9 Å². The summed E-state index contributed by atoms with van der Waals surface area (Å²) in [6, 6.07) is 7.19. The van der Waals surface area contributed by atoms with Crippen molar-refractivity contribution in [2.75, 3.05) is 6.54 Å². The quantitative estimate of drug-likeness (QED) is 0.628. The molecule has 1 heterocycles. The Bertz CT molecular complexity index is 508. The highest BCUT2D eigenvalue weighted by Crippen LogP contribution is 2.07. The second kappa shape index (κ2) is 6.99. The smallest absolute Gasteiger partial charge is 0.251 e. The van der Waals surface area contributed by atoms with E-state index in [-0.39, 0.29) is 5.91 Å². The first kappa shape index (κ1) is 13.7. The van der Waals surface area contributed by atoms with Gasteiger partial charge in [0.25, 0.3) is 5.91 Å². The van der Waals surface area contributed by atoms with E-state index in [4.69, 9.17) is 0 Å². The molecule has 0 saturated carbocycles. The zero-order chi connectivity index (χ0) is 13.5. The van der Waals surface area contributed by atoms with E-state index >= 15 is 0 Å². The Morgan fingerprint density at radius 3 is 2.74 bits per heavy atom. The lowest BCUT2D eigenvalue weighted by Crippen LogP contribution is -2.24. The number of amides is 1. The molecule has 0 saturated heterocycles. The Kier molecular flexibility index (Phi) is 5.03. The first-order valence-electron chi connectivity index (χ1n) is 6.29. The van der Waals surface area contributed by atoms with E-state index in [9.17, 15) is 4.79 Å². The van der Waals surface area contributed by atoms with Crippen molar-refractivity contribution >= 4 is 18.5 Å². The molecule has 1 N–H and O–H groups in total. The SMILES string of the molecule is O=C(NCCCCn1ccnc1)c1ccc(S)cc1. The Morgan fingerprint density at radius 2 is 2.05 bits per heavy atom. The van der Waals surface area contributed by atoms with Crippen LogP contribution in [0.2, 0.25) is 0 Å². The third kappa shape index (κ3) is 4.44. The maximum atomic E-state index is 11.8. The maximum absolute atomic E-state index is 11.8. The fourth-order valence-corrected chi connectivity index (χ4v) is 1.90. The molecule has 2 rings (SSSR count). The number of unbranched alkanes of at least 4 members (excludes halogenated alkanes) is 1. The highest BCUT2D eigenvalue weighted by atomic mass is 32.1. The predicted octanol–water partition coefficient (Wildman–Crippen LogP) is 2.38. The molecule has 0 atom stereocenters. The minimum atomic E-state index is -0.0315. The van der Waals surface area contributed by atoms with Gasteiger partial charge in [-0.3, -0.25) is 4.79 Å². The van der Waals surface area contributed by atoms with Crippen LogP contribution in [0, 0.1) is 0 Å². The van der Waals surface area contributed by atoms with Crippen LogP contribution in [0.25, 0.3) is 0 Å². The van der Waals surface area contributed by atoms with Gasteiger partial charge in [-0.25, -0.2) is 4.98 Å². The van der Waals surface area contributed by atoms with Crippen LogP contribution in [-0.2, 0) is 6.54 Å². The molecule has 19 heavy (non-hydrogen) atoms. The van der Waals surface area contributed by atoms with Crippen molar-refractivity contribution in [3.63, 3.8) is 0 Å². The average molecular weight is 275 g/mol. The highest BCUT2D eigenvalue weighted by molar-refractivity contribution is 7.80. The van der Waals surface area contributed by atoms with E-state index in [0.717, 1.165) is 24.3 Å². The number of imidazole rings is 1. The monoisotopic (exact) mass is 275 g/mol. The minimum absolute atomic E-state index is 0.0315. The van der Waals surface area contributed by atoms with Crippen molar-refractivity contribution in [1.29, 1.82) is 0 Å². The van der Waals surface area contributed by atoms with Crippen LogP contribution in [-0.4, -0.2) is 22.0 Å². The van der Waals surface area contributed by atoms with Crippen molar-refractivity contribution in [1.82, 2.24) is 14.9 Å². The van der Waals surface area contributed by atoms with Crippen molar-refractivity contribution in [3.05, 3.63) is 48.5 Å². The molecule has 1 aromatic heterocycles. The van der Waals surface area contributed by atoms with E-state index in [1.165, 1.54) is 0 Å². The normalized spacial score (nSPS) is 10.4. The first-order valence-corrected chi connectivity index (χ1v) is 6.73. The van der Waals surface area contributed by atoms with Gasteiger partial charge in [-0.05, 0) is 37.1 Å². The summed E-state index contributed by atoms with van der Waals surface area (Å²) in [5.41, 5.74) is 0.674. The molecule has 0 aliphatic carbocycles. The van der Waals surface area contributed by atoms with Gasteiger partial charge in [-0.1, -0.05) is 0 Å². The number of aromatic nitrogens is 2. The van der Waals surface area contributed by atoms with Gasteiger partial charge in [0.1, 0.15) is 0 Å². The summed E-state index contributed by atoms with van der Waals surface area (Å²) in [6.45, 7) is 1.63. The van der Waals surface area contributed by atoms with Gasteiger partial charge in [0.05, 0.1) is 6.33 Å². The highest BCUT2D eigenvalue weighted by Gasteiger charge is 2.03. The van der Waals surface area contributed by atoms with Gasteiger partial charge in [0.15, 0.2) is 0 Å². The number of nitrogens with one attached hydrogen (secondary N) is 1. The molecular weight excluding hydrogens is 258 g/mol. The second-order valence-electron chi connectivity index (χ2n) is 4.31. The van der Waals surface area contributed by atoms with Crippen LogP contribution in [0.5, 0.6) is 0 Å². The Hall–Kier alpha value is -1.75. The molecule has 0 radical (unpaired) electrons. The number of nitrogens with zero attached hydrogens (tertiary/aromatic N) is 2. The number of benzene rings is 1. The van der Waals surface area contributed by atoms with Crippen LogP contribution < -0.4 is 5.32 Å². The summed E-state index contributed by atoms with van der Waals surface area (Å²) in [5, 5.41) is 2.91. The minimum Gasteiger partial charge on any atom is -0.352 e. The second-order valence-corrected chi connectivity index (χ2v) is 4.83. The lowest BCUT2D eigenvalue weighted by molar-refractivity contribution is 0.0953. The number of carbonyl (C=O) groups is 1. The van der Waals surface area contributed by atoms with Gasteiger partial charge in [0, 0.05) is 35.9 Å². The number of carbonyl (C=O) groups excluding carboxylic acids is 1. The van der Waals surface area contributed by atoms with Crippen LogP contribution in [0.15, 0.2) is 47.9 Å². The van der Waals surface area contributed by atoms with Crippen molar-refractivity contribution < 1.29 is 4.79 Å². The third-order valence-electron chi connectivity index (χ3n) is 2.82. The van der Waals surface area contributed by atoms with Crippen molar-refractivity contribution in [2.24, 2.45) is 0 Å².